The van der Waals surface area contributed by atoms with Crippen molar-refractivity contribution in [3.8, 4) is 5.75 Å². The van der Waals surface area contributed by atoms with Crippen LogP contribution in [0.2, 0.25) is 5.02 Å². The summed E-state index contributed by atoms with van der Waals surface area (Å²) >= 11 is 5.97. The fourth-order valence-corrected chi connectivity index (χ4v) is 3.12. The highest BCUT2D eigenvalue weighted by atomic mass is 35.5. The van der Waals surface area contributed by atoms with Gasteiger partial charge in [-0.05, 0) is 36.2 Å². The lowest BCUT2D eigenvalue weighted by Crippen LogP contribution is -2.52. The summed E-state index contributed by atoms with van der Waals surface area (Å²) in [6, 6.07) is 14.6. The molecule has 0 bridgehead atoms. The molecule has 0 aromatic heterocycles. The van der Waals surface area contributed by atoms with Crippen molar-refractivity contribution in [3.05, 3.63) is 59.1 Å². The van der Waals surface area contributed by atoms with Gasteiger partial charge in [0.25, 0.3) is 0 Å². The minimum absolute atomic E-state index is 0.116. The van der Waals surface area contributed by atoms with Crippen molar-refractivity contribution in [2.75, 3.05) is 5.32 Å². The van der Waals surface area contributed by atoms with Gasteiger partial charge in [-0.3, -0.25) is 4.79 Å². The number of amides is 1. The Bertz CT molecular complexity index is 745. The topological polar surface area (TPSA) is 84.6 Å². The molecule has 0 saturated heterocycles. The number of anilines is 1. The maximum absolute atomic E-state index is 12.2. The number of carbonyl (C=O) groups excluding carboxylic acids is 1. The van der Waals surface area contributed by atoms with Gasteiger partial charge in [0.1, 0.15) is 12.4 Å². The summed E-state index contributed by atoms with van der Waals surface area (Å²) in [5.41, 5.74) is 7.37. The van der Waals surface area contributed by atoms with Gasteiger partial charge < -0.3 is 20.9 Å². The Kier molecular flexibility index (Phi) is 5.58. The smallest absolute Gasteiger partial charge is 0.224 e. The van der Waals surface area contributed by atoms with E-state index in [1.165, 1.54) is 0 Å². The lowest BCUT2D eigenvalue weighted by atomic mass is 9.75. The second-order valence-corrected chi connectivity index (χ2v) is 6.73. The van der Waals surface area contributed by atoms with Gasteiger partial charge in [0.15, 0.2) is 0 Å². The van der Waals surface area contributed by atoms with Gasteiger partial charge in [-0.15, -0.1) is 0 Å². The van der Waals surface area contributed by atoms with E-state index >= 15 is 0 Å². The Labute approximate surface area is 151 Å². The highest BCUT2D eigenvalue weighted by Crippen LogP contribution is 2.31. The molecule has 132 valence electrons. The van der Waals surface area contributed by atoms with E-state index in [9.17, 15) is 9.90 Å². The van der Waals surface area contributed by atoms with Crippen LogP contribution >= 0.6 is 11.6 Å². The number of hydrogen-bond acceptors (Lipinski definition) is 4. The van der Waals surface area contributed by atoms with Crippen LogP contribution in [0.5, 0.6) is 5.75 Å². The Morgan fingerprint density at radius 3 is 2.80 bits per heavy atom. The molecular formula is C19H21ClN2O3. The standard InChI is InChI=1S/C19H21ClN2O3/c20-13-5-3-4-12(8-13)11-25-18-7-2-1-6-16(18)22-19(24)9-14-15(21)10-17(14)23/h1-8,14-15,17,23H,9-11,21H2,(H,22,24)/t14-,15+,17-/m0/s1. The van der Waals surface area contributed by atoms with E-state index in [2.05, 4.69) is 5.32 Å². The number of aliphatic hydroxyl groups is 1. The van der Waals surface area contributed by atoms with Crippen LogP contribution < -0.4 is 15.8 Å². The molecule has 0 spiro atoms. The van der Waals surface area contributed by atoms with E-state index in [1.807, 2.05) is 30.3 Å². The second-order valence-electron chi connectivity index (χ2n) is 6.30. The van der Waals surface area contributed by atoms with Crippen molar-refractivity contribution in [3.63, 3.8) is 0 Å². The van der Waals surface area contributed by atoms with Crippen molar-refractivity contribution in [1.82, 2.24) is 0 Å². The van der Waals surface area contributed by atoms with Crippen LogP contribution in [0.1, 0.15) is 18.4 Å². The van der Waals surface area contributed by atoms with Crippen LogP contribution in [0.4, 0.5) is 5.69 Å². The molecule has 3 atom stereocenters. The molecular weight excluding hydrogens is 340 g/mol. The van der Waals surface area contributed by atoms with Crippen LogP contribution in [0.25, 0.3) is 0 Å². The molecule has 5 nitrogen and oxygen atoms in total. The Hall–Kier alpha value is -2.08. The summed E-state index contributed by atoms with van der Waals surface area (Å²) < 4.78 is 5.82. The van der Waals surface area contributed by atoms with Crippen LogP contribution in [0.3, 0.4) is 0 Å². The summed E-state index contributed by atoms with van der Waals surface area (Å²) in [5, 5.41) is 13.2. The Balaban J connectivity index is 1.61. The zero-order valence-corrected chi connectivity index (χ0v) is 14.4. The minimum Gasteiger partial charge on any atom is -0.487 e. The molecule has 3 rings (SSSR count). The molecule has 2 aromatic rings. The Morgan fingerprint density at radius 1 is 1.28 bits per heavy atom. The average molecular weight is 361 g/mol. The molecule has 1 amide bonds. The third-order valence-electron chi connectivity index (χ3n) is 4.42. The number of nitrogens with two attached hydrogens (primary N) is 1. The first kappa shape index (κ1) is 17.7. The highest BCUT2D eigenvalue weighted by molar-refractivity contribution is 6.30. The Morgan fingerprint density at radius 2 is 2.08 bits per heavy atom. The quantitative estimate of drug-likeness (QED) is 0.739. The summed E-state index contributed by atoms with van der Waals surface area (Å²) in [5.74, 6) is 0.215. The lowest BCUT2D eigenvalue weighted by Gasteiger charge is -2.38. The number of para-hydroxylation sites is 2. The average Bonchev–Trinajstić information content (AvgIpc) is 2.59. The monoisotopic (exact) mass is 360 g/mol. The number of halogens is 1. The van der Waals surface area contributed by atoms with Crippen molar-refractivity contribution in [2.24, 2.45) is 11.7 Å². The third kappa shape index (κ3) is 4.51. The number of hydrogen-bond donors (Lipinski definition) is 3. The normalized spacial score (nSPS) is 22.1. The largest absolute Gasteiger partial charge is 0.487 e. The fraction of sp³-hybridized carbons (Fsp3) is 0.316. The number of aliphatic hydroxyl groups excluding tert-OH is 1. The van der Waals surface area contributed by atoms with Gasteiger partial charge >= 0.3 is 0 Å². The molecule has 2 aromatic carbocycles. The summed E-state index contributed by atoms with van der Waals surface area (Å²) in [6.45, 7) is 0.347. The molecule has 0 aliphatic heterocycles. The maximum Gasteiger partial charge on any atom is 0.224 e. The predicted molar refractivity (Wildman–Crippen MR) is 97.6 cm³/mol. The van der Waals surface area contributed by atoms with Crippen LogP contribution in [-0.2, 0) is 11.4 Å². The number of rotatable bonds is 6. The van der Waals surface area contributed by atoms with Gasteiger partial charge in [0.2, 0.25) is 5.91 Å². The van der Waals surface area contributed by atoms with Gasteiger partial charge in [-0.1, -0.05) is 35.9 Å². The van der Waals surface area contributed by atoms with E-state index in [0.717, 1.165) is 5.56 Å². The molecule has 1 fully saturated rings. The maximum atomic E-state index is 12.2. The zero-order valence-electron chi connectivity index (χ0n) is 13.7. The highest BCUT2D eigenvalue weighted by Gasteiger charge is 2.38. The van der Waals surface area contributed by atoms with Gasteiger partial charge in [-0.25, -0.2) is 0 Å². The van der Waals surface area contributed by atoms with Crippen LogP contribution in [0, 0.1) is 5.92 Å². The van der Waals surface area contributed by atoms with Crippen LogP contribution in [-0.4, -0.2) is 23.2 Å². The number of ether oxygens (including phenoxy) is 1. The molecule has 25 heavy (non-hydrogen) atoms. The summed E-state index contributed by atoms with van der Waals surface area (Å²) in [6.07, 6.45) is 0.262. The van der Waals surface area contributed by atoms with E-state index in [0.29, 0.717) is 29.5 Å². The van der Waals surface area contributed by atoms with Crippen molar-refractivity contribution in [2.45, 2.75) is 31.6 Å². The van der Waals surface area contributed by atoms with Crippen molar-refractivity contribution >= 4 is 23.2 Å². The van der Waals surface area contributed by atoms with E-state index in [4.69, 9.17) is 22.1 Å². The van der Waals surface area contributed by atoms with Crippen LogP contribution in [0.15, 0.2) is 48.5 Å². The first-order chi connectivity index (χ1) is 12.0. The number of carbonyl (C=O) groups is 1. The predicted octanol–water partition coefficient (Wildman–Crippen LogP) is 2.96. The third-order valence-corrected chi connectivity index (χ3v) is 4.66. The first-order valence-corrected chi connectivity index (χ1v) is 8.60. The second kappa shape index (κ2) is 7.87. The minimum atomic E-state index is -0.491. The molecule has 4 N–H and O–H groups in total. The molecule has 1 saturated carbocycles. The molecule has 0 heterocycles. The number of nitrogens with one attached hydrogen (secondary N) is 1. The van der Waals surface area contributed by atoms with Crippen molar-refractivity contribution in [1.29, 1.82) is 0 Å². The molecule has 1 aliphatic carbocycles. The molecule has 0 unspecified atom stereocenters. The zero-order chi connectivity index (χ0) is 17.8. The number of benzene rings is 2. The first-order valence-electron chi connectivity index (χ1n) is 8.22. The SMILES string of the molecule is N[C@@H]1C[C@H](O)[C@H]1CC(=O)Nc1ccccc1OCc1cccc(Cl)c1. The summed E-state index contributed by atoms with van der Waals surface area (Å²) in [4.78, 5) is 12.2. The fourth-order valence-electron chi connectivity index (χ4n) is 2.90. The summed E-state index contributed by atoms with van der Waals surface area (Å²) in [7, 11) is 0. The van der Waals surface area contributed by atoms with Gasteiger partial charge in [-0.2, -0.15) is 0 Å². The molecule has 1 aliphatic rings. The van der Waals surface area contributed by atoms with Crippen molar-refractivity contribution < 1.29 is 14.6 Å². The van der Waals surface area contributed by atoms with E-state index < -0.39 is 6.10 Å². The van der Waals surface area contributed by atoms with Gasteiger partial charge in [0.05, 0.1) is 11.8 Å². The molecule has 6 heteroatoms. The van der Waals surface area contributed by atoms with E-state index in [-0.39, 0.29) is 24.3 Å². The van der Waals surface area contributed by atoms with Gasteiger partial charge in [0, 0.05) is 23.4 Å². The van der Waals surface area contributed by atoms with E-state index in [1.54, 1.807) is 18.2 Å². The molecule has 0 radical (unpaired) electrons. The lowest BCUT2D eigenvalue weighted by molar-refractivity contribution is -0.120.